The Kier molecular flexibility index (Phi) is 2.24. The predicted molar refractivity (Wildman–Crippen MR) is 56.3 cm³/mol. The van der Waals surface area contributed by atoms with Crippen LogP contribution in [-0.4, -0.2) is 26.8 Å². The van der Waals surface area contributed by atoms with E-state index in [9.17, 15) is 4.79 Å². The molecule has 0 aliphatic carbocycles. The first-order valence-corrected chi connectivity index (χ1v) is 4.49. The number of aromatic amines is 1. The summed E-state index contributed by atoms with van der Waals surface area (Å²) in [6, 6.07) is 3.21. The van der Waals surface area contributed by atoms with Gasteiger partial charge in [-0.1, -0.05) is 0 Å². The largest absolute Gasteiger partial charge is 0.373 e. The normalized spacial score (nSPS) is 10.3. The van der Waals surface area contributed by atoms with E-state index in [4.69, 9.17) is 0 Å². The van der Waals surface area contributed by atoms with E-state index >= 15 is 0 Å². The van der Waals surface area contributed by atoms with Crippen molar-refractivity contribution < 1.29 is 0 Å². The van der Waals surface area contributed by atoms with Gasteiger partial charge in [0.25, 0.3) is 5.56 Å². The number of nitrogens with zero attached hydrogens (tertiary/aromatic N) is 3. The van der Waals surface area contributed by atoms with Gasteiger partial charge >= 0.3 is 0 Å². The summed E-state index contributed by atoms with van der Waals surface area (Å²) in [5.74, 6) is 1.19. The zero-order chi connectivity index (χ0) is 10.8. The molecule has 15 heavy (non-hydrogen) atoms. The molecule has 0 saturated heterocycles. The Morgan fingerprint density at radius 1 is 1.40 bits per heavy atom. The fraction of sp³-hybridized carbons (Fsp3) is 0.222. The number of hydrogen-bond donors (Lipinski definition) is 2. The molecule has 78 valence electrons. The molecule has 0 bridgehead atoms. The highest BCUT2D eigenvalue weighted by Gasteiger charge is 2.04. The average Bonchev–Trinajstić information content (AvgIpc) is 2.58. The molecule has 2 aromatic rings. The summed E-state index contributed by atoms with van der Waals surface area (Å²) in [7, 11) is 1.76. The van der Waals surface area contributed by atoms with Crippen molar-refractivity contribution in [2.75, 3.05) is 12.4 Å². The van der Waals surface area contributed by atoms with Gasteiger partial charge in [0.05, 0.1) is 0 Å². The lowest BCUT2D eigenvalue weighted by molar-refractivity contribution is 0.802. The summed E-state index contributed by atoms with van der Waals surface area (Å²) in [6.45, 7) is 1.82. The third-order valence-corrected chi connectivity index (χ3v) is 1.99. The number of nitrogens with one attached hydrogen (secondary N) is 2. The third kappa shape index (κ3) is 1.74. The molecule has 0 fully saturated rings. The van der Waals surface area contributed by atoms with Crippen LogP contribution in [0, 0.1) is 6.92 Å². The standard InChI is InChI=1S/C9H11N5O/c1-6-3-9(15)14(13-6)8-4-7(10-2)11-5-12-8/h3-5,13H,1-2H3,(H,10,11,12). The molecule has 0 aliphatic heterocycles. The molecule has 6 heteroatoms. The van der Waals surface area contributed by atoms with E-state index in [0.29, 0.717) is 11.6 Å². The first-order chi connectivity index (χ1) is 7.20. The third-order valence-electron chi connectivity index (χ3n) is 1.99. The number of aromatic nitrogens is 4. The summed E-state index contributed by atoms with van der Waals surface area (Å²) in [4.78, 5) is 19.5. The van der Waals surface area contributed by atoms with E-state index < -0.39 is 0 Å². The highest BCUT2D eigenvalue weighted by Crippen LogP contribution is 2.05. The van der Waals surface area contributed by atoms with Crippen LogP contribution >= 0.6 is 0 Å². The van der Waals surface area contributed by atoms with Gasteiger partial charge in [0.2, 0.25) is 0 Å². The van der Waals surface area contributed by atoms with Crippen molar-refractivity contribution >= 4 is 5.82 Å². The van der Waals surface area contributed by atoms with Crippen molar-refractivity contribution in [1.82, 2.24) is 19.7 Å². The van der Waals surface area contributed by atoms with Gasteiger partial charge in [-0.2, -0.15) is 0 Å². The Hall–Kier alpha value is -2.11. The molecule has 0 aliphatic rings. The molecule has 0 aromatic carbocycles. The van der Waals surface area contributed by atoms with Crippen molar-refractivity contribution in [1.29, 1.82) is 0 Å². The Morgan fingerprint density at radius 2 is 2.20 bits per heavy atom. The molecule has 2 aromatic heterocycles. The second-order valence-corrected chi connectivity index (χ2v) is 3.12. The van der Waals surface area contributed by atoms with Crippen molar-refractivity contribution in [2.45, 2.75) is 6.92 Å². The first kappa shape index (κ1) is 9.45. The van der Waals surface area contributed by atoms with E-state index in [2.05, 4.69) is 20.4 Å². The van der Waals surface area contributed by atoms with Gasteiger partial charge in [-0.3, -0.25) is 9.89 Å². The average molecular weight is 205 g/mol. The Morgan fingerprint density at radius 3 is 2.80 bits per heavy atom. The smallest absolute Gasteiger partial charge is 0.272 e. The molecule has 0 amide bonds. The fourth-order valence-corrected chi connectivity index (χ4v) is 1.29. The quantitative estimate of drug-likeness (QED) is 0.739. The van der Waals surface area contributed by atoms with Crippen LogP contribution in [0.3, 0.4) is 0 Å². The number of hydrogen-bond acceptors (Lipinski definition) is 4. The van der Waals surface area contributed by atoms with Crippen LogP contribution in [0.25, 0.3) is 5.82 Å². The lowest BCUT2D eigenvalue weighted by atomic mass is 10.5. The van der Waals surface area contributed by atoms with E-state index in [1.165, 1.54) is 17.1 Å². The molecule has 2 heterocycles. The van der Waals surface area contributed by atoms with Gasteiger partial charge in [0.1, 0.15) is 12.1 Å². The summed E-state index contributed by atoms with van der Waals surface area (Å²) in [5.41, 5.74) is 0.665. The second-order valence-electron chi connectivity index (χ2n) is 3.12. The molecule has 6 nitrogen and oxygen atoms in total. The molecule has 2 N–H and O–H groups in total. The fourth-order valence-electron chi connectivity index (χ4n) is 1.29. The van der Waals surface area contributed by atoms with Gasteiger partial charge in [0, 0.05) is 24.9 Å². The minimum Gasteiger partial charge on any atom is -0.373 e. The molecular weight excluding hydrogens is 194 g/mol. The highest BCUT2D eigenvalue weighted by molar-refractivity contribution is 5.39. The van der Waals surface area contributed by atoms with Crippen LogP contribution in [0.1, 0.15) is 5.69 Å². The van der Waals surface area contributed by atoms with Crippen LogP contribution in [-0.2, 0) is 0 Å². The van der Waals surface area contributed by atoms with Crippen molar-refractivity contribution in [2.24, 2.45) is 0 Å². The van der Waals surface area contributed by atoms with E-state index in [1.54, 1.807) is 13.1 Å². The van der Waals surface area contributed by atoms with E-state index in [0.717, 1.165) is 5.69 Å². The topological polar surface area (TPSA) is 75.6 Å². The van der Waals surface area contributed by atoms with Crippen molar-refractivity contribution in [3.8, 4) is 5.82 Å². The molecule has 0 saturated carbocycles. The molecule has 0 radical (unpaired) electrons. The summed E-state index contributed by atoms with van der Waals surface area (Å²) >= 11 is 0. The lowest BCUT2D eigenvalue weighted by Gasteiger charge is -2.02. The van der Waals surface area contributed by atoms with Gasteiger partial charge in [0.15, 0.2) is 5.82 Å². The number of aryl methyl sites for hydroxylation is 1. The Bertz CT molecular complexity index is 527. The predicted octanol–water partition coefficient (Wildman–Crippen LogP) is 0.306. The van der Waals surface area contributed by atoms with Crippen molar-refractivity contribution in [3.05, 3.63) is 34.5 Å². The SMILES string of the molecule is CNc1cc(-n2[nH]c(C)cc2=O)ncn1. The summed E-state index contributed by atoms with van der Waals surface area (Å²) < 4.78 is 1.37. The van der Waals surface area contributed by atoms with Crippen LogP contribution < -0.4 is 10.9 Å². The zero-order valence-corrected chi connectivity index (χ0v) is 8.48. The minimum atomic E-state index is -0.131. The van der Waals surface area contributed by atoms with Crippen LogP contribution in [0.15, 0.2) is 23.3 Å². The maximum atomic E-state index is 11.5. The Balaban J connectivity index is 2.53. The first-order valence-electron chi connectivity index (χ1n) is 4.49. The summed E-state index contributed by atoms with van der Waals surface area (Å²) in [5, 5.41) is 5.78. The van der Waals surface area contributed by atoms with Crippen LogP contribution in [0.5, 0.6) is 0 Å². The maximum absolute atomic E-state index is 11.5. The van der Waals surface area contributed by atoms with Gasteiger partial charge in [-0.25, -0.2) is 14.6 Å². The number of rotatable bonds is 2. The maximum Gasteiger partial charge on any atom is 0.272 e. The van der Waals surface area contributed by atoms with Crippen molar-refractivity contribution in [3.63, 3.8) is 0 Å². The molecule has 0 unspecified atom stereocenters. The van der Waals surface area contributed by atoms with Gasteiger partial charge < -0.3 is 5.32 Å². The van der Waals surface area contributed by atoms with E-state index in [-0.39, 0.29) is 5.56 Å². The van der Waals surface area contributed by atoms with Crippen LogP contribution in [0.4, 0.5) is 5.82 Å². The van der Waals surface area contributed by atoms with E-state index in [1.807, 2.05) is 6.92 Å². The van der Waals surface area contributed by atoms with Gasteiger partial charge in [-0.15, -0.1) is 0 Å². The van der Waals surface area contributed by atoms with Gasteiger partial charge in [-0.05, 0) is 6.92 Å². The second kappa shape index (κ2) is 3.56. The van der Waals surface area contributed by atoms with Crippen LogP contribution in [0.2, 0.25) is 0 Å². The molecule has 2 rings (SSSR count). The molecule has 0 spiro atoms. The molecular formula is C9H11N5O. The summed E-state index contributed by atoms with van der Waals surface area (Å²) in [6.07, 6.45) is 1.41. The highest BCUT2D eigenvalue weighted by atomic mass is 16.1. The monoisotopic (exact) mass is 205 g/mol. The number of anilines is 1. The molecule has 0 atom stereocenters. The Labute approximate surface area is 86.0 Å². The lowest BCUT2D eigenvalue weighted by Crippen LogP contribution is -2.15. The zero-order valence-electron chi connectivity index (χ0n) is 8.48. The minimum absolute atomic E-state index is 0.131. The number of H-pyrrole nitrogens is 1.